The SMILES string of the molecule is CCc1cnc(CN2CCC(NC)C(C)C2C)s1. The van der Waals surface area contributed by atoms with Crippen molar-refractivity contribution >= 4 is 11.3 Å². The van der Waals surface area contributed by atoms with Gasteiger partial charge in [0, 0.05) is 29.7 Å². The molecule has 1 aromatic heterocycles. The lowest BCUT2D eigenvalue weighted by Crippen LogP contribution is -2.52. The summed E-state index contributed by atoms with van der Waals surface area (Å²) in [7, 11) is 2.08. The Morgan fingerprint density at radius 3 is 2.89 bits per heavy atom. The van der Waals surface area contributed by atoms with Gasteiger partial charge in [0.25, 0.3) is 0 Å². The average Bonchev–Trinajstić information content (AvgIpc) is 2.83. The summed E-state index contributed by atoms with van der Waals surface area (Å²) in [5, 5.41) is 4.71. The van der Waals surface area contributed by atoms with Gasteiger partial charge in [-0.25, -0.2) is 4.98 Å². The first-order valence-corrected chi connectivity index (χ1v) is 7.82. The molecule has 3 atom stereocenters. The van der Waals surface area contributed by atoms with E-state index in [2.05, 4.69) is 43.0 Å². The van der Waals surface area contributed by atoms with Gasteiger partial charge < -0.3 is 5.32 Å². The van der Waals surface area contributed by atoms with E-state index in [1.807, 2.05) is 17.5 Å². The molecule has 0 radical (unpaired) electrons. The fourth-order valence-electron chi connectivity index (χ4n) is 2.83. The zero-order chi connectivity index (χ0) is 13.1. The summed E-state index contributed by atoms with van der Waals surface area (Å²) in [6.07, 6.45) is 4.38. The smallest absolute Gasteiger partial charge is 0.107 e. The molecule has 0 amide bonds. The van der Waals surface area contributed by atoms with Crippen LogP contribution in [-0.2, 0) is 13.0 Å². The van der Waals surface area contributed by atoms with Gasteiger partial charge in [0.2, 0.25) is 0 Å². The maximum atomic E-state index is 4.54. The molecule has 1 aromatic rings. The van der Waals surface area contributed by atoms with Crippen LogP contribution in [0.4, 0.5) is 0 Å². The van der Waals surface area contributed by atoms with Gasteiger partial charge in [-0.3, -0.25) is 4.90 Å². The molecule has 4 heteroatoms. The third-order valence-electron chi connectivity index (χ3n) is 4.36. The summed E-state index contributed by atoms with van der Waals surface area (Å²) < 4.78 is 0. The number of hydrogen-bond acceptors (Lipinski definition) is 4. The minimum Gasteiger partial charge on any atom is -0.317 e. The number of nitrogens with one attached hydrogen (secondary N) is 1. The predicted molar refractivity (Wildman–Crippen MR) is 78.0 cm³/mol. The molecule has 1 fully saturated rings. The van der Waals surface area contributed by atoms with Crippen molar-refractivity contribution < 1.29 is 0 Å². The molecule has 2 rings (SSSR count). The number of aromatic nitrogens is 1. The number of piperidine rings is 1. The van der Waals surface area contributed by atoms with E-state index in [0.717, 1.165) is 13.0 Å². The number of likely N-dealkylation sites (tertiary alicyclic amines) is 1. The van der Waals surface area contributed by atoms with Crippen molar-refractivity contribution in [2.24, 2.45) is 5.92 Å². The first-order valence-electron chi connectivity index (χ1n) is 7.00. The highest BCUT2D eigenvalue weighted by Crippen LogP contribution is 2.26. The van der Waals surface area contributed by atoms with Crippen LogP contribution < -0.4 is 5.32 Å². The van der Waals surface area contributed by atoms with E-state index in [0.29, 0.717) is 18.0 Å². The van der Waals surface area contributed by atoms with Crippen LogP contribution in [0.3, 0.4) is 0 Å². The Labute approximate surface area is 115 Å². The molecule has 1 N–H and O–H groups in total. The molecule has 0 saturated carbocycles. The van der Waals surface area contributed by atoms with Crippen LogP contribution >= 0.6 is 11.3 Å². The topological polar surface area (TPSA) is 28.2 Å². The van der Waals surface area contributed by atoms with E-state index < -0.39 is 0 Å². The largest absolute Gasteiger partial charge is 0.317 e. The molecule has 3 unspecified atom stereocenters. The highest BCUT2D eigenvalue weighted by atomic mass is 32.1. The highest BCUT2D eigenvalue weighted by molar-refractivity contribution is 7.11. The van der Waals surface area contributed by atoms with Gasteiger partial charge in [0.1, 0.15) is 5.01 Å². The lowest BCUT2D eigenvalue weighted by molar-refractivity contribution is 0.0810. The third-order valence-corrected chi connectivity index (χ3v) is 5.48. The molecule has 1 saturated heterocycles. The summed E-state index contributed by atoms with van der Waals surface area (Å²) in [6.45, 7) is 9.10. The Morgan fingerprint density at radius 2 is 2.28 bits per heavy atom. The molecular formula is C14H25N3S. The highest BCUT2D eigenvalue weighted by Gasteiger charge is 2.31. The van der Waals surface area contributed by atoms with Crippen LogP contribution in [0.1, 0.15) is 37.1 Å². The van der Waals surface area contributed by atoms with Crippen molar-refractivity contribution in [3.63, 3.8) is 0 Å². The number of hydrogen-bond donors (Lipinski definition) is 1. The van der Waals surface area contributed by atoms with Crippen LogP contribution in [0, 0.1) is 5.92 Å². The van der Waals surface area contributed by atoms with Crippen LogP contribution in [0.25, 0.3) is 0 Å². The Hall–Kier alpha value is -0.450. The molecule has 1 aliphatic rings. The maximum absolute atomic E-state index is 4.54. The van der Waals surface area contributed by atoms with Gasteiger partial charge in [0.05, 0.1) is 6.54 Å². The van der Waals surface area contributed by atoms with E-state index in [4.69, 9.17) is 0 Å². The van der Waals surface area contributed by atoms with Gasteiger partial charge in [-0.15, -0.1) is 11.3 Å². The van der Waals surface area contributed by atoms with E-state index in [9.17, 15) is 0 Å². The Kier molecular flexibility index (Phi) is 4.76. The molecule has 2 heterocycles. The normalized spacial score (nSPS) is 29.7. The van der Waals surface area contributed by atoms with Crippen molar-refractivity contribution in [1.29, 1.82) is 0 Å². The lowest BCUT2D eigenvalue weighted by Gasteiger charge is -2.42. The lowest BCUT2D eigenvalue weighted by atomic mass is 9.87. The van der Waals surface area contributed by atoms with Gasteiger partial charge >= 0.3 is 0 Å². The monoisotopic (exact) mass is 267 g/mol. The summed E-state index contributed by atoms with van der Waals surface area (Å²) >= 11 is 1.87. The zero-order valence-corrected chi connectivity index (χ0v) is 12.8. The quantitative estimate of drug-likeness (QED) is 0.908. The van der Waals surface area contributed by atoms with Crippen LogP contribution in [0.2, 0.25) is 0 Å². The number of nitrogens with zero attached hydrogens (tertiary/aromatic N) is 2. The van der Waals surface area contributed by atoms with Gasteiger partial charge in [-0.2, -0.15) is 0 Å². The van der Waals surface area contributed by atoms with Gasteiger partial charge in [-0.1, -0.05) is 13.8 Å². The van der Waals surface area contributed by atoms with E-state index in [1.54, 1.807) is 0 Å². The Balaban J connectivity index is 1.97. The summed E-state index contributed by atoms with van der Waals surface area (Å²) in [4.78, 5) is 8.52. The predicted octanol–water partition coefficient (Wildman–Crippen LogP) is 2.52. The zero-order valence-electron chi connectivity index (χ0n) is 11.9. The van der Waals surface area contributed by atoms with Crippen molar-refractivity contribution in [3.8, 4) is 0 Å². The summed E-state index contributed by atoms with van der Waals surface area (Å²) in [5.41, 5.74) is 0. The second-order valence-corrected chi connectivity index (χ2v) is 6.53. The van der Waals surface area contributed by atoms with Crippen molar-refractivity contribution in [2.75, 3.05) is 13.6 Å². The minimum atomic E-state index is 0.630. The van der Waals surface area contributed by atoms with E-state index >= 15 is 0 Å². The Bertz CT molecular complexity index is 377. The second-order valence-electron chi connectivity index (χ2n) is 5.33. The molecule has 0 aromatic carbocycles. The first-order chi connectivity index (χ1) is 8.65. The standard InChI is InChI=1S/C14H25N3S/c1-5-12-8-16-14(18-12)9-17-7-6-13(15-4)10(2)11(17)3/h8,10-11,13,15H,5-7,9H2,1-4H3. The average molecular weight is 267 g/mol. The van der Waals surface area contributed by atoms with Crippen LogP contribution in [0.5, 0.6) is 0 Å². The van der Waals surface area contributed by atoms with Crippen molar-refractivity contribution in [1.82, 2.24) is 15.2 Å². The number of rotatable bonds is 4. The fraction of sp³-hybridized carbons (Fsp3) is 0.786. The summed E-state index contributed by atoms with van der Waals surface area (Å²) in [6, 6.07) is 1.30. The number of aryl methyl sites for hydroxylation is 1. The molecule has 0 bridgehead atoms. The molecule has 102 valence electrons. The maximum Gasteiger partial charge on any atom is 0.107 e. The Morgan fingerprint density at radius 1 is 1.50 bits per heavy atom. The van der Waals surface area contributed by atoms with Crippen molar-refractivity contribution in [2.45, 2.75) is 52.2 Å². The van der Waals surface area contributed by atoms with Gasteiger partial charge in [-0.05, 0) is 32.7 Å². The molecule has 0 spiro atoms. The molecule has 0 aliphatic carbocycles. The second kappa shape index (κ2) is 6.13. The van der Waals surface area contributed by atoms with Gasteiger partial charge in [0.15, 0.2) is 0 Å². The molecule has 3 nitrogen and oxygen atoms in total. The van der Waals surface area contributed by atoms with Crippen LogP contribution in [-0.4, -0.2) is 35.6 Å². The van der Waals surface area contributed by atoms with Crippen LogP contribution in [0.15, 0.2) is 6.20 Å². The summed E-state index contributed by atoms with van der Waals surface area (Å²) in [5.74, 6) is 0.703. The van der Waals surface area contributed by atoms with E-state index in [1.165, 1.54) is 22.9 Å². The molecule has 18 heavy (non-hydrogen) atoms. The number of thiazole rings is 1. The molecule has 1 aliphatic heterocycles. The van der Waals surface area contributed by atoms with E-state index in [-0.39, 0.29) is 0 Å². The van der Waals surface area contributed by atoms with Crippen molar-refractivity contribution in [3.05, 3.63) is 16.1 Å². The first kappa shape index (κ1) is 14.0. The third kappa shape index (κ3) is 2.92. The molecular weight excluding hydrogens is 242 g/mol. The minimum absolute atomic E-state index is 0.630. The fourth-order valence-corrected chi connectivity index (χ4v) is 3.72.